The molecule has 0 radical (unpaired) electrons. The van der Waals surface area contributed by atoms with Crippen molar-refractivity contribution >= 4 is 11.6 Å². The van der Waals surface area contributed by atoms with Crippen molar-refractivity contribution in [2.75, 3.05) is 5.32 Å². The van der Waals surface area contributed by atoms with Gasteiger partial charge in [-0.1, -0.05) is 30.3 Å². The maximum atomic E-state index is 12.0. The summed E-state index contributed by atoms with van der Waals surface area (Å²) in [4.78, 5) is 12.0. The zero-order chi connectivity index (χ0) is 14.4. The van der Waals surface area contributed by atoms with E-state index in [0.717, 1.165) is 5.56 Å². The molecule has 0 aliphatic heterocycles. The SMILES string of the molecule is N#CC(Cc1ccc(O)cc1)C(=O)Nc1ccccc1. The van der Waals surface area contributed by atoms with Gasteiger partial charge in [0.2, 0.25) is 5.91 Å². The number of phenolic OH excluding ortho intramolecular Hbond substituents is 1. The van der Waals surface area contributed by atoms with Crippen molar-refractivity contribution in [3.05, 3.63) is 60.2 Å². The van der Waals surface area contributed by atoms with Crippen LogP contribution in [0.4, 0.5) is 5.69 Å². The van der Waals surface area contributed by atoms with Crippen LogP contribution in [0.5, 0.6) is 5.75 Å². The van der Waals surface area contributed by atoms with Crippen LogP contribution >= 0.6 is 0 Å². The minimum atomic E-state index is -0.764. The number of anilines is 1. The zero-order valence-electron chi connectivity index (χ0n) is 10.8. The molecule has 0 bridgehead atoms. The summed E-state index contributed by atoms with van der Waals surface area (Å²) in [7, 11) is 0. The lowest BCUT2D eigenvalue weighted by Gasteiger charge is -2.10. The van der Waals surface area contributed by atoms with Gasteiger partial charge in [-0.2, -0.15) is 5.26 Å². The summed E-state index contributed by atoms with van der Waals surface area (Å²) in [6, 6.07) is 17.5. The van der Waals surface area contributed by atoms with Crippen molar-refractivity contribution < 1.29 is 9.90 Å². The molecule has 0 aromatic heterocycles. The average molecular weight is 266 g/mol. The molecular formula is C16H14N2O2. The second-order valence-corrected chi connectivity index (χ2v) is 4.41. The molecule has 0 saturated heterocycles. The highest BCUT2D eigenvalue weighted by molar-refractivity contribution is 5.94. The van der Waals surface area contributed by atoms with Gasteiger partial charge in [-0.15, -0.1) is 0 Å². The van der Waals surface area contributed by atoms with Gasteiger partial charge in [0.05, 0.1) is 6.07 Å². The largest absolute Gasteiger partial charge is 0.508 e. The lowest BCUT2D eigenvalue weighted by Crippen LogP contribution is -2.23. The van der Waals surface area contributed by atoms with Crippen LogP contribution in [0.15, 0.2) is 54.6 Å². The van der Waals surface area contributed by atoms with Crippen LogP contribution in [0.25, 0.3) is 0 Å². The molecule has 0 saturated carbocycles. The van der Waals surface area contributed by atoms with E-state index in [1.54, 1.807) is 36.4 Å². The molecule has 0 aliphatic carbocycles. The number of aromatic hydroxyl groups is 1. The maximum absolute atomic E-state index is 12.0. The van der Waals surface area contributed by atoms with E-state index < -0.39 is 5.92 Å². The lowest BCUT2D eigenvalue weighted by atomic mass is 9.99. The first-order valence-electron chi connectivity index (χ1n) is 6.22. The van der Waals surface area contributed by atoms with Crippen LogP contribution in [0.2, 0.25) is 0 Å². The Morgan fingerprint density at radius 1 is 1.15 bits per heavy atom. The summed E-state index contributed by atoms with van der Waals surface area (Å²) in [6.07, 6.45) is 0.315. The molecular weight excluding hydrogens is 252 g/mol. The van der Waals surface area contributed by atoms with Crippen LogP contribution in [0.3, 0.4) is 0 Å². The monoisotopic (exact) mass is 266 g/mol. The standard InChI is InChI=1S/C16H14N2O2/c17-11-13(10-12-6-8-15(19)9-7-12)16(20)18-14-4-2-1-3-5-14/h1-9,13,19H,10H2,(H,18,20). The molecule has 0 spiro atoms. The van der Waals surface area contributed by atoms with Gasteiger partial charge in [-0.05, 0) is 36.2 Å². The van der Waals surface area contributed by atoms with Gasteiger partial charge >= 0.3 is 0 Å². The Bertz CT molecular complexity index is 615. The van der Waals surface area contributed by atoms with E-state index in [-0.39, 0.29) is 11.7 Å². The van der Waals surface area contributed by atoms with E-state index >= 15 is 0 Å². The van der Waals surface area contributed by atoms with Crippen LogP contribution in [0, 0.1) is 17.2 Å². The number of hydrogen-bond acceptors (Lipinski definition) is 3. The quantitative estimate of drug-likeness (QED) is 0.893. The zero-order valence-corrected chi connectivity index (χ0v) is 10.8. The van der Waals surface area contributed by atoms with Crippen molar-refractivity contribution in [1.82, 2.24) is 0 Å². The Kier molecular flexibility index (Phi) is 4.35. The molecule has 0 fully saturated rings. The third kappa shape index (κ3) is 3.59. The van der Waals surface area contributed by atoms with Crippen LogP contribution in [0.1, 0.15) is 5.56 Å². The molecule has 20 heavy (non-hydrogen) atoms. The summed E-state index contributed by atoms with van der Waals surface area (Å²) in [5.41, 5.74) is 1.50. The van der Waals surface area contributed by atoms with Crippen molar-refractivity contribution in [2.45, 2.75) is 6.42 Å². The van der Waals surface area contributed by atoms with E-state index in [0.29, 0.717) is 12.1 Å². The Morgan fingerprint density at radius 3 is 2.40 bits per heavy atom. The van der Waals surface area contributed by atoms with Crippen molar-refractivity contribution in [2.24, 2.45) is 5.92 Å². The first kappa shape index (κ1) is 13.6. The highest BCUT2D eigenvalue weighted by Crippen LogP contribution is 2.15. The average Bonchev–Trinajstić information content (AvgIpc) is 2.47. The second kappa shape index (κ2) is 6.39. The fraction of sp³-hybridized carbons (Fsp3) is 0.125. The first-order valence-corrected chi connectivity index (χ1v) is 6.22. The number of carbonyl (C=O) groups excluding carboxylic acids is 1. The van der Waals surface area contributed by atoms with Crippen LogP contribution in [-0.2, 0) is 11.2 Å². The maximum Gasteiger partial charge on any atom is 0.242 e. The summed E-state index contributed by atoms with van der Waals surface area (Å²) in [5, 5.41) is 21.1. The number of benzene rings is 2. The van der Waals surface area contributed by atoms with Crippen molar-refractivity contribution in [3.63, 3.8) is 0 Å². The number of nitrogens with zero attached hydrogens (tertiary/aromatic N) is 1. The summed E-state index contributed by atoms with van der Waals surface area (Å²) in [5.74, 6) is -0.928. The Labute approximate surface area is 117 Å². The fourth-order valence-corrected chi connectivity index (χ4v) is 1.82. The predicted octanol–water partition coefficient (Wildman–Crippen LogP) is 2.71. The van der Waals surface area contributed by atoms with Crippen molar-refractivity contribution in [1.29, 1.82) is 5.26 Å². The number of carbonyl (C=O) groups is 1. The minimum absolute atomic E-state index is 0.163. The molecule has 1 atom stereocenters. The number of rotatable bonds is 4. The highest BCUT2D eigenvalue weighted by Gasteiger charge is 2.18. The molecule has 2 rings (SSSR count). The van der Waals surface area contributed by atoms with Gasteiger partial charge in [-0.3, -0.25) is 4.79 Å². The number of nitriles is 1. The number of phenols is 1. The molecule has 1 amide bonds. The molecule has 2 aromatic rings. The molecule has 0 aliphatic rings. The van der Waals surface area contributed by atoms with E-state index in [1.807, 2.05) is 24.3 Å². The third-order valence-corrected chi connectivity index (χ3v) is 2.89. The van der Waals surface area contributed by atoms with E-state index in [9.17, 15) is 9.90 Å². The normalized spacial score (nSPS) is 11.3. The summed E-state index contributed by atoms with van der Waals surface area (Å²) < 4.78 is 0. The molecule has 1 unspecified atom stereocenters. The lowest BCUT2D eigenvalue weighted by molar-refractivity contribution is -0.118. The number of para-hydroxylation sites is 1. The molecule has 0 heterocycles. The second-order valence-electron chi connectivity index (χ2n) is 4.41. The van der Waals surface area contributed by atoms with Gasteiger partial charge in [0.25, 0.3) is 0 Å². The first-order chi connectivity index (χ1) is 9.69. The Morgan fingerprint density at radius 2 is 1.80 bits per heavy atom. The van der Waals surface area contributed by atoms with Gasteiger partial charge in [0.15, 0.2) is 0 Å². The Balaban J connectivity index is 2.03. The van der Waals surface area contributed by atoms with Crippen LogP contribution < -0.4 is 5.32 Å². The van der Waals surface area contributed by atoms with Gasteiger partial charge in [0, 0.05) is 5.69 Å². The molecule has 2 aromatic carbocycles. The number of amides is 1. The number of hydrogen-bond donors (Lipinski definition) is 2. The van der Waals surface area contributed by atoms with E-state index in [4.69, 9.17) is 5.26 Å². The van der Waals surface area contributed by atoms with Gasteiger partial charge < -0.3 is 10.4 Å². The van der Waals surface area contributed by atoms with Crippen molar-refractivity contribution in [3.8, 4) is 11.8 Å². The van der Waals surface area contributed by atoms with Gasteiger partial charge in [0.1, 0.15) is 11.7 Å². The van der Waals surface area contributed by atoms with E-state index in [1.165, 1.54) is 0 Å². The van der Waals surface area contributed by atoms with E-state index in [2.05, 4.69) is 5.32 Å². The van der Waals surface area contributed by atoms with Gasteiger partial charge in [-0.25, -0.2) is 0 Å². The summed E-state index contributed by atoms with van der Waals surface area (Å²) in [6.45, 7) is 0. The number of nitrogens with one attached hydrogen (secondary N) is 1. The molecule has 4 nitrogen and oxygen atoms in total. The minimum Gasteiger partial charge on any atom is -0.508 e. The topological polar surface area (TPSA) is 73.1 Å². The molecule has 2 N–H and O–H groups in total. The summed E-state index contributed by atoms with van der Waals surface area (Å²) >= 11 is 0. The predicted molar refractivity (Wildman–Crippen MR) is 76.0 cm³/mol. The Hall–Kier alpha value is -2.80. The fourth-order valence-electron chi connectivity index (χ4n) is 1.82. The molecule has 100 valence electrons. The third-order valence-electron chi connectivity index (χ3n) is 2.89. The van der Waals surface area contributed by atoms with Crippen LogP contribution in [-0.4, -0.2) is 11.0 Å². The highest BCUT2D eigenvalue weighted by atomic mass is 16.3. The molecule has 4 heteroatoms. The smallest absolute Gasteiger partial charge is 0.242 e.